The van der Waals surface area contributed by atoms with E-state index in [9.17, 15) is 0 Å². The van der Waals surface area contributed by atoms with Crippen molar-refractivity contribution < 1.29 is 0 Å². The number of hydrogen-bond acceptors (Lipinski definition) is 2. The van der Waals surface area contributed by atoms with Gasteiger partial charge < -0.3 is 10.6 Å². The second kappa shape index (κ2) is 3.54. The van der Waals surface area contributed by atoms with Crippen LogP contribution in [0.2, 0.25) is 0 Å². The molecule has 0 bridgehead atoms. The van der Waals surface area contributed by atoms with Crippen molar-refractivity contribution in [3.8, 4) is 0 Å². The lowest BCUT2D eigenvalue weighted by Crippen LogP contribution is -2.35. The van der Waals surface area contributed by atoms with Crippen LogP contribution in [0.3, 0.4) is 0 Å². The van der Waals surface area contributed by atoms with E-state index in [4.69, 9.17) is 5.73 Å². The van der Waals surface area contributed by atoms with Gasteiger partial charge in [0.1, 0.15) is 0 Å². The maximum atomic E-state index is 6.02. The summed E-state index contributed by atoms with van der Waals surface area (Å²) >= 11 is 0. The average Bonchev–Trinajstić information content (AvgIpc) is 2.03. The van der Waals surface area contributed by atoms with Crippen LogP contribution < -0.4 is 5.73 Å². The molecule has 0 aromatic rings. The van der Waals surface area contributed by atoms with Crippen LogP contribution in [0.5, 0.6) is 0 Å². The van der Waals surface area contributed by atoms with Gasteiger partial charge in [0.25, 0.3) is 0 Å². The lowest BCUT2D eigenvalue weighted by molar-refractivity contribution is 0.472. The Morgan fingerprint density at radius 3 is 2.15 bits per heavy atom. The minimum Gasteiger partial charge on any atom is -0.381 e. The molecule has 0 heterocycles. The summed E-state index contributed by atoms with van der Waals surface area (Å²) in [4.78, 5) is 2.16. The monoisotopic (exact) mass is 180 g/mol. The van der Waals surface area contributed by atoms with Gasteiger partial charge in [-0.05, 0) is 32.8 Å². The van der Waals surface area contributed by atoms with Gasteiger partial charge in [0, 0.05) is 25.3 Å². The summed E-state index contributed by atoms with van der Waals surface area (Å²) in [7, 11) is 4.16. The number of rotatable bonds is 2. The highest BCUT2D eigenvalue weighted by Crippen LogP contribution is 2.25. The molecule has 0 aromatic carbocycles. The second-order valence-corrected chi connectivity index (χ2v) is 4.47. The molecule has 13 heavy (non-hydrogen) atoms. The van der Waals surface area contributed by atoms with Crippen LogP contribution in [0, 0.1) is 0 Å². The van der Waals surface area contributed by atoms with Crippen molar-refractivity contribution in [2.75, 3.05) is 14.1 Å². The van der Waals surface area contributed by atoms with Crippen LogP contribution in [0.1, 0.15) is 26.7 Å². The smallest absolute Gasteiger partial charge is 0.0314 e. The highest BCUT2D eigenvalue weighted by Gasteiger charge is 2.19. The van der Waals surface area contributed by atoms with Crippen molar-refractivity contribution >= 4 is 0 Å². The molecule has 0 spiro atoms. The molecule has 0 saturated carbocycles. The minimum absolute atomic E-state index is 0.158. The Morgan fingerprint density at radius 1 is 1.23 bits per heavy atom. The van der Waals surface area contributed by atoms with Gasteiger partial charge in [0.05, 0.1) is 0 Å². The molecule has 0 fully saturated rings. The van der Waals surface area contributed by atoms with Crippen molar-refractivity contribution in [3.63, 3.8) is 0 Å². The van der Waals surface area contributed by atoms with Gasteiger partial charge in [-0.2, -0.15) is 0 Å². The summed E-state index contributed by atoms with van der Waals surface area (Å²) in [6.45, 7) is 4.13. The van der Waals surface area contributed by atoms with Gasteiger partial charge in [0.2, 0.25) is 0 Å². The zero-order chi connectivity index (χ0) is 10.1. The molecule has 2 heteroatoms. The van der Waals surface area contributed by atoms with Crippen LogP contribution in [0.25, 0.3) is 0 Å². The van der Waals surface area contributed by atoms with E-state index in [2.05, 4.69) is 45.0 Å². The fourth-order valence-corrected chi connectivity index (χ4v) is 1.54. The molecule has 1 aliphatic carbocycles. The Bertz CT molecular complexity index is 241. The molecule has 0 atom stereocenters. The molecule has 0 amide bonds. The third kappa shape index (κ3) is 2.59. The second-order valence-electron chi connectivity index (χ2n) is 4.47. The minimum atomic E-state index is -0.158. The van der Waals surface area contributed by atoms with E-state index >= 15 is 0 Å². The Labute approximate surface area is 81.1 Å². The summed E-state index contributed by atoms with van der Waals surface area (Å²) in [6.07, 6.45) is 6.54. The van der Waals surface area contributed by atoms with Crippen LogP contribution in [0.4, 0.5) is 0 Å². The molecule has 2 N–H and O–H groups in total. The van der Waals surface area contributed by atoms with Crippen molar-refractivity contribution in [1.82, 2.24) is 4.90 Å². The van der Waals surface area contributed by atoms with Crippen LogP contribution in [0.15, 0.2) is 23.4 Å². The van der Waals surface area contributed by atoms with Gasteiger partial charge in [-0.15, -0.1) is 0 Å². The van der Waals surface area contributed by atoms with Crippen molar-refractivity contribution in [2.24, 2.45) is 5.73 Å². The quantitative estimate of drug-likeness (QED) is 0.703. The van der Waals surface area contributed by atoms with E-state index in [1.54, 1.807) is 0 Å². The van der Waals surface area contributed by atoms with E-state index < -0.39 is 0 Å². The predicted octanol–water partition coefficient (Wildman–Crippen LogP) is 1.89. The first kappa shape index (κ1) is 10.3. The van der Waals surface area contributed by atoms with Gasteiger partial charge in [-0.1, -0.05) is 11.6 Å². The molecule has 0 unspecified atom stereocenters. The normalized spacial score (nSPS) is 17.9. The maximum Gasteiger partial charge on any atom is 0.0314 e. The Morgan fingerprint density at radius 2 is 1.85 bits per heavy atom. The van der Waals surface area contributed by atoms with Crippen LogP contribution in [-0.2, 0) is 0 Å². The van der Waals surface area contributed by atoms with E-state index in [1.807, 2.05) is 0 Å². The lowest BCUT2D eigenvalue weighted by Gasteiger charge is -2.28. The number of hydrogen-bond donors (Lipinski definition) is 1. The molecule has 0 aromatic heterocycles. The molecule has 1 rings (SSSR count). The van der Waals surface area contributed by atoms with E-state index in [0.29, 0.717) is 0 Å². The molecule has 0 aliphatic heterocycles. The maximum absolute atomic E-state index is 6.02. The molecule has 0 saturated heterocycles. The molecule has 0 radical (unpaired) electrons. The molecular weight excluding hydrogens is 160 g/mol. The highest BCUT2D eigenvalue weighted by atomic mass is 15.1. The first-order valence-corrected chi connectivity index (χ1v) is 4.77. The number of nitrogens with zero attached hydrogens (tertiary/aromatic N) is 1. The third-order valence-electron chi connectivity index (χ3n) is 2.53. The summed E-state index contributed by atoms with van der Waals surface area (Å²) in [5.41, 5.74) is 8.59. The first-order valence-electron chi connectivity index (χ1n) is 4.77. The van der Waals surface area contributed by atoms with Crippen LogP contribution >= 0.6 is 0 Å². The van der Waals surface area contributed by atoms with Crippen molar-refractivity contribution in [3.05, 3.63) is 23.4 Å². The Kier molecular flexibility index (Phi) is 2.81. The molecule has 2 nitrogen and oxygen atoms in total. The zero-order valence-corrected chi connectivity index (χ0v) is 9.09. The summed E-state index contributed by atoms with van der Waals surface area (Å²) in [6, 6.07) is 0. The topological polar surface area (TPSA) is 29.3 Å². The lowest BCUT2D eigenvalue weighted by atomic mass is 9.88. The molecule has 1 aliphatic rings. The largest absolute Gasteiger partial charge is 0.381 e. The van der Waals surface area contributed by atoms with E-state index in [-0.39, 0.29) is 5.54 Å². The number of allylic oxidation sites excluding steroid dienone is 3. The van der Waals surface area contributed by atoms with Gasteiger partial charge in [-0.3, -0.25) is 0 Å². The van der Waals surface area contributed by atoms with Crippen molar-refractivity contribution in [2.45, 2.75) is 32.2 Å². The molecule has 74 valence electrons. The predicted molar refractivity (Wildman–Crippen MR) is 57.4 cm³/mol. The van der Waals surface area contributed by atoms with E-state index in [1.165, 1.54) is 11.3 Å². The SMILES string of the molecule is CN(C)C1=CC=C(C(C)(C)N)CC1. The zero-order valence-electron chi connectivity index (χ0n) is 9.09. The summed E-state index contributed by atoms with van der Waals surface area (Å²) in [5.74, 6) is 0. The fourth-order valence-electron chi connectivity index (χ4n) is 1.54. The van der Waals surface area contributed by atoms with Gasteiger partial charge >= 0.3 is 0 Å². The van der Waals surface area contributed by atoms with E-state index in [0.717, 1.165) is 12.8 Å². The van der Waals surface area contributed by atoms with Crippen LogP contribution in [-0.4, -0.2) is 24.5 Å². The highest BCUT2D eigenvalue weighted by molar-refractivity contribution is 5.28. The standard InChI is InChI=1S/C11H20N2/c1-11(2,12)9-5-7-10(8-6-9)13(3)4/h5,7H,6,8,12H2,1-4H3. The summed E-state index contributed by atoms with van der Waals surface area (Å²) < 4.78 is 0. The summed E-state index contributed by atoms with van der Waals surface area (Å²) in [5, 5.41) is 0. The fraction of sp³-hybridized carbons (Fsp3) is 0.636. The van der Waals surface area contributed by atoms with Gasteiger partial charge in [0.15, 0.2) is 0 Å². The van der Waals surface area contributed by atoms with Crippen molar-refractivity contribution in [1.29, 1.82) is 0 Å². The Balaban J connectivity index is 2.77. The number of nitrogens with two attached hydrogens (primary N) is 1. The average molecular weight is 180 g/mol. The first-order chi connectivity index (χ1) is 5.91. The third-order valence-corrected chi connectivity index (χ3v) is 2.53. The molecular formula is C11H20N2. The Hall–Kier alpha value is -0.760. The van der Waals surface area contributed by atoms with Gasteiger partial charge in [-0.25, -0.2) is 0 Å².